The van der Waals surface area contributed by atoms with Crippen LogP contribution in [0.1, 0.15) is 34.3 Å². The van der Waals surface area contributed by atoms with Gasteiger partial charge >= 0.3 is 5.97 Å². The number of rotatable bonds is 10. The second-order valence-electron chi connectivity index (χ2n) is 10.1. The summed E-state index contributed by atoms with van der Waals surface area (Å²) in [6.45, 7) is 0.175. The molecular weight excluding hydrogens is 516 g/mol. The molecule has 0 radical (unpaired) electrons. The first-order valence-electron chi connectivity index (χ1n) is 13.1. The van der Waals surface area contributed by atoms with E-state index < -0.39 is 6.10 Å². The molecule has 0 saturated carbocycles. The van der Waals surface area contributed by atoms with Crippen LogP contribution in [-0.2, 0) is 22.4 Å². The van der Waals surface area contributed by atoms with Gasteiger partial charge in [0, 0.05) is 11.5 Å². The molecule has 0 aliphatic carbocycles. The zero-order valence-electron chi connectivity index (χ0n) is 23.0. The number of phenolic OH excluding ortho intramolecular Hbond substituents is 1. The zero-order chi connectivity index (χ0) is 28.4. The average Bonchev–Trinajstić information content (AvgIpc) is 3.52. The summed E-state index contributed by atoms with van der Waals surface area (Å²) in [5.74, 6) is 1.74. The van der Waals surface area contributed by atoms with Crippen LogP contribution in [0.2, 0.25) is 0 Å². The van der Waals surface area contributed by atoms with E-state index in [9.17, 15) is 15.0 Å². The lowest BCUT2D eigenvalue weighted by atomic mass is 9.83. The number of esters is 1. The largest absolute Gasteiger partial charge is 0.504 e. The van der Waals surface area contributed by atoms with E-state index in [1.807, 2.05) is 30.3 Å². The highest BCUT2D eigenvalue weighted by atomic mass is 16.5. The van der Waals surface area contributed by atoms with Crippen molar-refractivity contribution in [3.05, 3.63) is 70.8 Å². The van der Waals surface area contributed by atoms with Gasteiger partial charge in [-0.05, 0) is 59.9 Å². The summed E-state index contributed by atoms with van der Waals surface area (Å²) in [5.41, 5.74) is 3.47. The van der Waals surface area contributed by atoms with E-state index in [1.165, 1.54) is 7.11 Å². The summed E-state index contributed by atoms with van der Waals surface area (Å²) in [6.07, 6.45) is 0.593. The van der Waals surface area contributed by atoms with Gasteiger partial charge in [0.25, 0.3) is 0 Å². The number of methoxy groups -OCH3 is 4. The van der Waals surface area contributed by atoms with Crippen molar-refractivity contribution in [3.63, 3.8) is 0 Å². The van der Waals surface area contributed by atoms with Gasteiger partial charge in [-0.1, -0.05) is 18.2 Å². The van der Waals surface area contributed by atoms with Crippen LogP contribution in [-0.4, -0.2) is 57.8 Å². The van der Waals surface area contributed by atoms with Crippen LogP contribution in [0.5, 0.6) is 34.5 Å². The Balaban J connectivity index is 1.41. The fourth-order valence-electron chi connectivity index (χ4n) is 5.71. The Bertz CT molecular complexity index is 1390. The van der Waals surface area contributed by atoms with Gasteiger partial charge in [0.05, 0.1) is 53.5 Å². The van der Waals surface area contributed by atoms with E-state index in [0.717, 1.165) is 22.3 Å². The van der Waals surface area contributed by atoms with E-state index in [4.69, 9.17) is 28.4 Å². The molecule has 0 bridgehead atoms. The van der Waals surface area contributed by atoms with Gasteiger partial charge in [-0.25, -0.2) is 0 Å². The molecule has 2 heterocycles. The highest BCUT2D eigenvalue weighted by Gasteiger charge is 2.40. The highest BCUT2D eigenvalue weighted by molar-refractivity contribution is 5.75. The summed E-state index contributed by atoms with van der Waals surface area (Å²) in [5, 5.41) is 20.4. The minimum Gasteiger partial charge on any atom is -0.504 e. The second-order valence-corrected chi connectivity index (χ2v) is 10.1. The number of ether oxygens (including phenoxy) is 6. The van der Waals surface area contributed by atoms with Crippen molar-refractivity contribution in [2.75, 3.05) is 41.7 Å². The van der Waals surface area contributed by atoms with Gasteiger partial charge in [-0.15, -0.1) is 0 Å². The molecule has 0 spiro atoms. The smallest absolute Gasteiger partial charge is 0.309 e. The summed E-state index contributed by atoms with van der Waals surface area (Å²) in [6, 6.07) is 14.6. The van der Waals surface area contributed by atoms with Crippen LogP contribution < -0.4 is 23.7 Å². The van der Waals surface area contributed by atoms with Gasteiger partial charge in [-0.3, -0.25) is 4.79 Å². The topological polar surface area (TPSA) is 113 Å². The van der Waals surface area contributed by atoms with Gasteiger partial charge < -0.3 is 38.6 Å². The number of aliphatic hydroxyl groups is 1. The van der Waals surface area contributed by atoms with Crippen LogP contribution in [0.15, 0.2) is 48.5 Å². The predicted octanol–water partition coefficient (Wildman–Crippen LogP) is 4.21. The summed E-state index contributed by atoms with van der Waals surface area (Å²) >= 11 is 0. The maximum atomic E-state index is 12.8. The molecule has 9 nitrogen and oxygen atoms in total. The first-order valence-corrected chi connectivity index (χ1v) is 13.1. The lowest BCUT2D eigenvalue weighted by Gasteiger charge is -2.19. The number of hydrogen-bond acceptors (Lipinski definition) is 9. The fourth-order valence-corrected chi connectivity index (χ4v) is 5.71. The van der Waals surface area contributed by atoms with Crippen molar-refractivity contribution in [1.29, 1.82) is 0 Å². The van der Waals surface area contributed by atoms with Crippen molar-refractivity contribution in [3.8, 4) is 34.5 Å². The molecule has 3 aromatic rings. The molecule has 2 N–H and O–H groups in total. The molecule has 212 valence electrons. The van der Waals surface area contributed by atoms with Gasteiger partial charge in [-0.2, -0.15) is 0 Å². The molecule has 1 saturated heterocycles. The van der Waals surface area contributed by atoms with Gasteiger partial charge in [0.1, 0.15) is 6.10 Å². The van der Waals surface area contributed by atoms with E-state index in [-0.39, 0.29) is 36.1 Å². The standard InChI is InChI=1S/C31H34O9/c1-35-25-8-5-17(12-27(25)37-3)9-20-16-39-31(34)21(20)10-18-11-22-23(15-32)29(40-30(22)28(13-18)38-4)19-6-7-24(33)26(14-19)36-2/h5-8,11-14,20-21,23,29,32-33H,9-10,15-16H2,1-4H3. The molecule has 40 heavy (non-hydrogen) atoms. The molecule has 2 aliphatic rings. The molecule has 4 atom stereocenters. The molecule has 0 aromatic heterocycles. The minimum absolute atomic E-state index is 0.0213. The molecule has 3 aromatic carbocycles. The lowest BCUT2D eigenvalue weighted by Crippen LogP contribution is -2.21. The normalized spacial score (nSPS) is 21.4. The second kappa shape index (κ2) is 11.6. The van der Waals surface area contributed by atoms with Gasteiger partial charge in [0.15, 0.2) is 34.5 Å². The number of phenols is 1. The number of cyclic esters (lactones) is 1. The number of carbonyl (C=O) groups is 1. The third-order valence-corrected chi connectivity index (χ3v) is 7.81. The number of benzene rings is 3. The summed E-state index contributed by atoms with van der Waals surface area (Å²) in [7, 11) is 6.24. The van der Waals surface area contributed by atoms with Crippen LogP contribution >= 0.6 is 0 Å². The van der Waals surface area contributed by atoms with Crippen LogP contribution in [0, 0.1) is 11.8 Å². The summed E-state index contributed by atoms with van der Waals surface area (Å²) < 4.78 is 33.6. The molecule has 2 aliphatic heterocycles. The Morgan fingerprint density at radius 2 is 1.52 bits per heavy atom. The molecule has 1 fully saturated rings. The zero-order valence-corrected chi connectivity index (χ0v) is 23.0. The van der Waals surface area contributed by atoms with Crippen molar-refractivity contribution < 1.29 is 43.4 Å². The molecular formula is C31H34O9. The number of fused-ring (bicyclic) bond motifs is 1. The third kappa shape index (κ3) is 5.09. The van der Waals surface area contributed by atoms with Crippen molar-refractivity contribution in [2.24, 2.45) is 11.8 Å². The average molecular weight is 551 g/mol. The highest BCUT2D eigenvalue weighted by Crippen LogP contribution is 2.51. The van der Waals surface area contributed by atoms with E-state index in [1.54, 1.807) is 39.5 Å². The van der Waals surface area contributed by atoms with Crippen molar-refractivity contribution in [2.45, 2.75) is 24.9 Å². The number of carbonyl (C=O) groups excluding carboxylic acids is 1. The Hall–Kier alpha value is -4.11. The Morgan fingerprint density at radius 3 is 2.23 bits per heavy atom. The van der Waals surface area contributed by atoms with Crippen molar-refractivity contribution in [1.82, 2.24) is 0 Å². The first-order chi connectivity index (χ1) is 19.4. The quantitative estimate of drug-likeness (QED) is 0.359. The number of aromatic hydroxyl groups is 1. The van der Waals surface area contributed by atoms with Crippen LogP contribution in [0.4, 0.5) is 0 Å². The van der Waals surface area contributed by atoms with Crippen LogP contribution in [0.25, 0.3) is 0 Å². The fraction of sp³-hybridized carbons (Fsp3) is 0.387. The monoisotopic (exact) mass is 550 g/mol. The van der Waals surface area contributed by atoms with E-state index in [0.29, 0.717) is 48.2 Å². The van der Waals surface area contributed by atoms with Crippen molar-refractivity contribution >= 4 is 5.97 Å². The number of hydrogen-bond donors (Lipinski definition) is 2. The minimum atomic E-state index is -0.507. The first kappa shape index (κ1) is 27.5. The maximum absolute atomic E-state index is 12.8. The van der Waals surface area contributed by atoms with Gasteiger partial charge in [0.2, 0.25) is 0 Å². The summed E-state index contributed by atoms with van der Waals surface area (Å²) in [4.78, 5) is 12.8. The Morgan fingerprint density at radius 1 is 0.800 bits per heavy atom. The Kier molecular flexibility index (Phi) is 7.93. The third-order valence-electron chi connectivity index (χ3n) is 7.81. The van der Waals surface area contributed by atoms with E-state index in [2.05, 4.69) is 0 Å². The predicted molar refractivity (Wildman–Crippen MR) is 146 cm³/mol. The lowest BCUT2D eigenvalue weighted by molar-refractivity contribution is -0.141. The molecule has 4 unspecified atom stereocenters. The molecule has 9 heteroatoms. The Labute approximate surface area is 233 Å². The van der Waals surface area contributed by atoms with Crippen LogP contribution in [0.3, 0.4) is 0 Å². The van der Waals surface area contributed by atoms with E-state index >= 15 is 0 Å². The number of aliphatic hydroxyl groups excluding tert-OH is 1. The SMILES string of the molecule is COc1cc(C2Oc3c(OC)cc(CC4C(=O)OCC4Cc4ccc(OC)c(OC)c4)cc3C2CO)ccc1O. The maximum Gasteiger partial charge on any atom is 0.309 e. The molecule has 0 amide bonds. The molecule has 5 rings (SSSR count).